The van der Waals surface area contributed by atoms with E-state index in [1.54, 1.807) is 24.3 Å². The van der Waals surface area contributed by atoms with Crippen molar-refractivity contribution >= 4 is 28.9 Å². The van der Waals surface area contributed by atoms with Crippen LogP contribution in [0.1, 0.15) is 20.7 Å². The lowest BCUT2D eigenvalue weighted by Gasteiger charge is -2.06. The normalized spacial score (nSPS) is 10.5. The van der Waals surface area contributed by atoms with E-state index in [2.05, 4.69) is 20.7 Å². The molecule has 29 heavy (non-hydrogen) atoms. The summed E-state index contributed by atoms with van der Waals surface area (Å²) in [4.78, 5) is 42.8. The number of hydrogen-bond donors (Lipinski definition) is 1. The van der Waals surface area contributed by atoms with Gasteiger partial charge in [0.2, 0.25) is 0 Å². The van der Waals surface area contributed by atoms with Crippen LogP contribution in [0.25, 0.3) is 0 Å². The van der Waals surface area contributed by atoms with Crippen molar-refractivity contribution in [2.24, 2.45) is 10.2 Å². The van der Waals surface area contributed by atoms with E-state index in [1.807, 2.05) is 0 Å². The quantitative estimate of drug-likeness (QED) is 0.379. The maximum absolute atomic E-state index is 12.0. The molecule has 2 aromatic carbocycles. The summed E-state index contributed by atoms with van der Waals surface area (Å²) in [6.07, 6.45) is 2.97. The van der Waals surface area contributed by atoms with Gasteiger partial charge in [-0.15, -0.1) is 10.2 Å². The minimum Gasteiger partial charge on any atom is -0.338 e. The van der Waals surface area contributed by atoms with Gasteiger partial charge in [0.1, 0.15) is 0 Å². The highest BCUT2D eigenvalue weighted by Gasteiger charge is 2.13. The number of rotatable bonds is 6. The van der Waals surface area contributed by atoms with Crippen molar-refractivity contribution in [3.05, 3.63) is 94.3 Å². The number of nitro benzene ring substituents is 1. The molecule has 1 amide bonds. The third kappa shape index (κ3) is 5.26. The molecule has 1 N–H and O–H groups in total. The van der Waals surface area contributed by atoms with E-state index in [0.29, 0.717) is 16.9 Å². The fourth-order valence-corrected chi connectivity index (χ4v) is 2.16. The first-order valence-electron chi connectivity index (χ1n) is 8.21. The van der Waals surface area contributed by atoms with Gasteiger partial charge in [0.25, 0.3) is 11.6 Å². The van der Waals surface area contributed by atoms with Crippen LogP contribution >= 0.6 is 0 Å². The van der Waals surface area contributed by atoms with Crippen LogP contribution in [-0.4, -0.2) is 21.8 Å². The molecule has 10 heteroatoms. The topological polar surface area (TPSA) is 136 Å². The lowest BCUT2D eigenvalue weighted by molar-refractivity contribution is -0.384. The minimum absolute atomic E-state index is 0.0340. The molecule has 0 radical (unpaired) electrons. The zero-order valence-electron chi connectivity index (χ0n) is 14.8. The van der Waals surface area contributed by atoms with E-state index in [-0.39, 0.29) is 11.3 Å². The fraction of sp³-hybridized carbons (Fsp3) is 0. The van der Waals surface area contributed by atoms with Crippen LogP contribution in [-0.2, 0) is 4.84 Å². The molecule has 1 heterocycles. The molecule has 3 aromatic rings. The number of hydrogen-bond acceptors (Lipinski definition) is 8. The number of nitrogens with zero attached hydrogens (tertiary/aromatic N) is 4. The third-order valence-electron chi connectivity index (χ3n) is 3.61. The van der Waals surface area contributed by atoms with Crippen molar-refractivity contribution < 1.29 is 19.3 Å². The highest BCUT2D eigenvalue weighted by Crippen LogP contribution is 2.18. The first-order valence-corrected chi connectivity index (χ1v) is 8.21. The molecule has 0 aliphatic carbocycles. The maximum Gasteiger partial charge on any atom is 0.363 e. The van der Waals surface area contributed by atoms with Gasteiger partial charge in [0.05, 0.1) is 21.9 Å². The average molecular weight is 391 g/mol. The van der Waals surface area contributed by atoms with E-state index >= 15 is 0 Å². The zero-order valence-corrected chi connectivity index (χ0v) is 14.8. The highest BCUT2D eigenvalue weighted by molar-refractivity contribution is 5.94. The molecule has 3 rings (SSSR count). The summed E-state index contributed by atoms with van der Waals surface area (Å²) >= 11 is 0. The van der Waals surface area contributed by atoms with E-state index in [0.717, 1.165) is 6.07 Å². The number of non-ortho nitro benzene ring substituents is 1. The van der Waals surface area contributed by atoms with Crippen LogP contribution < -0.4 is 5.48 Å². The van der Waals surface area contributed by atoms with Gasteiger partial charge in [0.15, 0.2) is 0 Å². The van der Waals surface area contributed by atoms with Gasteiger partial charge in [0, 0.05) is 30.1 Å². The number of amides is 1. The Bertz CT molecular complexity index is 1070. The van der Waals surface area contributed by atoms with Crippen molar-refractivity contribution in [3.8, 4) is 0 Å². The number of azo groups is 1. The van der Waals surface area contributed by atoms with Gasteiger partial charge in [-0.05, 0) is 42.5 Å². The number of nitro groups is 1. The minimum atomic E-state index is -0.777. The molecule has 0 fully saturated rings. The summed E-state index contributed by atoms with van der Waals surface area (Å²) in [5, 5.41) is 18.2. The number of carbonyl (C=O) groups excluding carboxylic acids is 2. The van der Waals surface area contributed by atoms with Crippen molar-refractivity contribution in [3.63, 3.8) is 0 Å². The summed E-state index contributed by atoms with van der Waals surface area (Å²) in [5.74, 6) is -1.28. The average Bonchev–Trinajstić information content (AvgIpc) is 2.77. The third-order valence-corrected chi connectivity index (χ3v) is 3.61. The largest absolute Gasteiger partial charge is 0.363 e. The first-order chi connectivity index (χ1) is 14.0. The van der Waals surface area contributed by atoms with Crippen LogP contribution in [0.3, 0.4) is 0 Å². The van der Waals surface area contributed by atoms with Gasteiger partial charge >= 0.3 is 5.97 Å². The number of anilines is 1. The molecule has 144 valence electrons. The van der Waals surface area contributed by atoms with Crippen LogP contribution in [0.5, 0.6) is 0 Å². The zero-order chi connectivity index (χ0) is 20.6. The number of nitrogens with one attached hydrogen (secondary N) is 1. The number of aromatic nitrogens is 1. The summed E-state index contributed by atoms with van der Waals surface area (Å²) in [7, 11) is 0. The predicted molar refractivity (Wildman–Crippen MR) is 102 cm³/mol. The lowest BCUT2D eigenvalue weighted by atomic mass is 10.2. The molecular weight excluding hydrogens is 378 g/mol. The Kier molecular flexibility index (Phi) is 5.96. The molecule has 0 saturated carbocycles. The molecule has 0 atom stereocenters. The highest BCUT2D eigenvalue weighted by atomic mass is 16.7. The van der Waals surface area contributed by atoms with Crippen molar-refractivity contribution in [1.29, 1.82) is 0 Å². The predicted octanol–water partition coefficient (Wildman–Crippen LogP) is 4.10. The Morgan fingerprint density at radius 1 is 1.00 bits per heavy atom. The van der Waals surface area contributed by atoms with Crippen molar-refractivity contribution in [2.75, 3.05) is 5.48 Å². The monoisotopic (exact) mass is 391 g/mol. The summed E-state index contributed by atoms with van der Waals surface area (Å²) in [6.45, 7) is 0. The van der Waals surface area contributed by atoms with Crippen LogP contribution in [0, 0.1) is 10.1 Å². The molecule has 10 nitrogen and oxygen atoms in total. The molecular formula is C19H13N5O5. The second-order valence-corrected chi connectivity index (χ2v) is 5.59. The Hall–Kier alpha value is -4.47. The van der Waals surface area contributed by atoms with Gasteiger partial charge in [-0.3, -0.25) is 19.9 Å². The van der Waals surface area contributed by atoms with Crippen LogP contribution in [0.15, 0.2) is 83.3 Å². The smallest absolute Gasteiger partial charge is 0.338 e. The molecule has 0 aliphatic rings. The Labute approximate surface area is 164 Å². The number of pyridine rings is 1. The second-order valence-electron chi connectivity index (χ2n) is 5.59. The second kappa shape index (κ2) is 8.95. The standard InChI is InChI=1S/C19H13N5O5/c25-18(13-8-10-20-11-9-13)22-21-15-4-6-16(7-5-15)23-29-19(26)14-2-1-3-17(12-14)24(27)28/h1-12,23H. The lowest BCUT2D eigenvalue weighted by Crippen LogP contribution is -2.10. The molecule has 0 saturated heterocycles. The van der Waals surface area contributed by atoms with E-state index in [1.165, 1.54) is 42.7 Å². The van der Waals surface area contributed by atoms with Crippen LogP contribution in [0.4, 0.5) is 17.1 Å². The van der Waals surface area contributed by atoms with Gasteiger partial charge in [-0.2, -0.15) is 0 Å². The summed E-state index contributed by atoms with van der Waals surface area (Å²) in [6, 6.07) is 14.5. The Morgan fingerprint density at radius 3 is 2.41 bits per heavy atom. The summed E-state index contributed by atoms with van der Waals surface area (Å²) < 4.78 is 0. The maximum atomic E-state index is 12.0. The molecule has 0 unspecified atom stereocenters. The molecule has 0 spiro atoms. The van der Waals surface area contributed by atoms with Gasteiger partial charge < -0.3 is 4.84 Å². The number of carbonyl (C=O) groups is 2. The Balaban J connectivity index is 1.57. The van der Waals surface area contributed by atoms with Crippen LogP contribution in [0.2, 0.25) is 0 Å². The molecule has 1 aromatic heterocycles. The van der Waals surface area contributed by atoms with Gasteiger partial charge in [-0.25, -0.2) is 10.3 Å². The SMILES string of the molecule is O=C(N=Nc1ccc(NOC(=O)c2cccc([N+](=O)[O-])c2)cc1)c1ccncc1. The van der Waals surface area contributed by atoms with E-state index < -0.39 is 16.8 Å². The van der Waals surface area contributed by atoms with Crippen molar-refractivity contribution in [1.82, 2.24) is 4.98 Å². The fourth-order valence-electron chi connectivity index (χ4n) is 2.16. The number of benzene rings is 2. The van der Waals surface area contributed by atoms with E-state index in [4.69, 9.17) is 4.84 Å². The summed E-state index contributed by atoms with van der Waals surface area (Å²) in [5.41, 5.74) is 3.49. The first kappa shape index (κ1) is 19.3. The van der Waals surface area contributed by atoms with E-state index in [9.17, 15) is 19.7 Å². The Morgan fingerprint density at radius 2 is 1.72 bits per heavy atom. The van der Waals surface area contributed by atoms with Crippen molar-refractivity contribution in [2.45, 2.75) is 0 Å². The molecule has 0 bridgehead atoms. The molecule has 0 aliphatic heterocycles. The van der Waals surface area contributed by atoms with Gasteiger partial charge in [-0.1, -0.05) is 6.07 Å².